The van der Waals surface area contributed by atoms with Crippen molar-refractivity contribution in [1.82, 2.24) is 9.88 Å². The first kappa shape index (κ1) is 32.0. The Morgan fingerprint density at radius 3 is 2.67 bits per heavy atom. The molecule has 0 unspecified atom stereocenters. The number of rotatable bonds is 12. The molecule has 11 heteroatoms. The van der Waals surface area contributed by atoms with Crippen LogP contribution < -0.4 is 10.1 Å². The number of thiazole rings is 1. The van der Waals surface area contributed by atoms with E-state index in [1.807, 2.05) is 36.4 Å². The van der Waals surface area contributed by atoms with Crippen LogP contribution in [0.4, 0.5) is 5.13 Å². The first-order chi connectivity index (χ1) is 20.8. The van der Waals surface area contributed by atoms with Crippen molar-refractivity contribution < 1.29 is 14.3 Å². The Kier molecular flexibility index (Phi) is 11.5. The number of thioether (sulfide) groups is 1. The topological polar surface area (TPSA) is 71.5 Å². The van der Waals surface area contributed by atoms with E-state index in [1.54, 1.807) is 23.2 Å². The zero-order valence-corrected chi connectivity index (χ0v) is 27.6. The van der Waals surface area contributed by atoms with Gasteiger partial charge in [-0.2, -0.15) is 0 Å². The van der Waals surface area contributed by atoms with Gasteiger partial charge in [-0.3, -0.25) is 14.5 Å². The SMILES string of the molecule is O=C(CCCCCN1C(=O)/C(=C/c2ccc(OC3CCCCC3)cc2)SC1=S)Nc1ncc(Cc2cc(Cl)ccc2Cl)s1. The highest BCUT2D eigenvalue weighted by atomic mass is 35.5. The lowest BCUT2D eigenvalue weighted by Crippen LogP contribution is -2.29. The van der Waals surface area contributed by atoms with E-state index in [0.29, 0.717) is 56.3 Å². The van der Waals surface area contributed by atoms with Crippen molar-refractivity contribution in [3.8, 4) is 5.75 Å². The molecule has 2 aliphatic rings. The molecule has 2 heterocycles. The van der Waals surface area contributed by atoms with E-state index in [4.69, 9.17) is 40.2 Å². The minimum Gasteiger partial charge on any atom is -0.490 e. The largest absolute Gasteiger partial charge is 0.490 e. The third kappa shape index (κ3) is 9.28. The fraction of sp³-hybridized carbons (Fsp3) is 0.375. The second-order valence-corrected chi connectivity index (χ2v) is 14.3. The summed E-state index contributed by atoms with van der Waals surface area (Å²) in [5.41, 5.74) is 1.87. The number of benzene rings is 2. The highest BCUT2D eigenvalue weighted by Gasteiger charge is 2.31. The number of halogens is 2. The third-order valence-corrected chi connectivity index (χ3v) is 10.3. The quantitative estimate of drug-likeness (QED) is 0.117. The molecule has 43 heavy (non-hydrogen) atoms. The van der Waals surface area contributed by atoms with Gasteiger partial charge in [0, 0.05) is 40.5 Å². The summed E-state index contributed by atoms with van der Waals surface area (Å²) in [5.74, 6) is 0.736. The molecule has 2 fully saturated rings. The predicted octanol–water partition coefficient (Wildman–Crippen LogP) is 9.15. The number of hydrogen-bond acceptors (Lipinski definition) is 7. The monoisotopic (exact) mass is 673 g/mol. The summed E-state index contributed by atoms with van der Waals surface area (Å²) in [7, 11) is 0. The summed E-state index contributed by atoms with van der Waals surface area (Å²) < 4.78 is 6.69. The molecule has 2 aromatic carbocycles. The first-order valence-corrected chi connectivity index (χ1v) is 17.3. The normalized spacial score (nSPS) is 16.7. The van der Waals surface area contributed by atoms with Crippen LogP contribution in [0.5, 0.6) is 5.75 Å². The Balaban J connectivity index is 1.01. The van der Waals surface area contributed by atoms with Crippen molar-refractivity contribution >= 4 is 85.9 Å². The summed E-state index contributed by atoms with van der Waals surface area (Å²) in [6.45, 7) is 0.541. The number of carbonyl (C=O) groups is 2. The maximum absolute atomic E-state index is 13.0. The van der Waals surface area contributed by atoms with Crippen molar-refractivity contribution in [3.63, 3.8) is 0 Å². The number of aromatic nitrogens is 1. The standard InChI is InChI=1S/C32H33Cl2N3O3S3/c33-23-12-15-27(34)22(18-23)19-26-20-35-31(42-26)36-29(38)9-5-2-6-16-37-30(39)28(43-32(37)41)17-21-10-13-25(14-11-21)40-24-7-3-1-4-8-24/h10-15,17-18,20,24H,1-9,16,19H2,(H,35,36,38)/b28-17-. The van der Waals surface area contributed by atoms with Gasteiger partial charge in [-0.05, 0) is 86.1 Å². The van der Waals surface area contributed by atoms with Crippen LogP contribution in [-0.4, -0.2) is 38.7 Å². The average molecular weight is 675 g/mol. The highest BCUT2D eigenvalue weighted by Crippen LogP contribution is 2.33. The Hall–Kier alpha value is -2.43. The number of amides is 2. The van der Waals surface area contributed by atoms with Crippen molar-refractivity contribution in [2.45, 2.75) is 70.3 Å². The van der Waals surface area contributed by atoms with Crippen LogP contribution in [0.3, 0.4) is 0 Å². The van der Waals surface area contributed by atoms with Crippen LogP contribution in [0.1, 0.15) is 73.8 Å². The van der Waals surface area contributed by atoms with Crippen molar-refractivity contribution in [2.24, 2.45) is 0 Å². The number of thiocarbonyl (C=S) groups is 1. The van der Waals surface area contributed by atoms with Crippen molar-refractivity contribution in [1.29, 1.82) is 0 Å². The molecular formula is C32H33Cl2N3O3S3. The summed E-state index contributed by atoms with van der Waals surface area (Å²) in [6.07, 6.45) is 13.2. The van der Waals surface area contributed by atoms with E-state index in [0.717, 1.165) is 47.4 Å². The Bertz CT molecular complexity index is 1490. The van der Waals surface area contributed by atoms with Gasteiger partial charge in [-0.1, -0.05) is 72.2 Å². The van der Waals surface area contributed by atoms with Crippen molar-refractivity contribution in [2.75, 3.05) is 11.9 Å². The summed E-state index contributed by atoms with van der Waals surface area (Å²) in [6, 6.07) is 13.3. The molecule has 0 atom stereocenters. The third-order valence-electron chi connectivity index (χ3n) is 7.36. The number of hydrogen-bond donors (Lipinski definition) is 1. The van der Waals surface area contributed by atoms with Gasteiger partial charge < -0.3 is 10.1 Å². The van der Waals surface area contributed by atoms with Gasteiger partial charge in [-0.25, -0.2) is 4.98 Å². The molecule has 1 aliphatic carbocycles. The lowest BCUT2D eigenvalue weighted by Gasteiger charge is -2.22. The molecule has 1 saturated carbocycles. The van der Waals surface area contributed by atoms with E-state index in [1.165, 1.54) is 42.4 Å². The lowest BCUT2D eigenvalue weighted by molar-refractivity contribution is -0.122. The van der Waals surface area contributed by atoms with Gasteiger partial charge in [0.1, 0.15) is 10.1 Å². The average Bonchev–Trinajstić information content (AvgIpc) is 3.54. The lowest BCUT2D eigenvalue weighted by atomic mass is 9.98. The van der Waals surface area contributed by atoms with Crippen LogP contribution in [0.15, 0.2) is 53.6 Å². The zero-order chi connectivity index (χ0) is 30.2. The minimum atomic E-state index is -0.0783. The van der Waals surface area contributed by atoms with Gasteiger partial charge in [0.05, 0.1) is 11.0 Å². The van der Waals surface area contributed by atoms with Crippen LogP contribution in [0.25, 0.3) is 6.08 Å². The molecule has 0 radical (unpaired) electrons. The molecule has 1 N–H and O–H groups in total. The molecule has 1 saturated heterocycles. The fourth-order valence-corrected chi connectivity index (χ4v) is 7.63. The number of nitrogens with zero attached hydrogens (tertiary/aromatic N) is 2. The summed E-state index contributed by atoms with van der Waals surface area (Å²) in [5, 5.41) is 4.72. The maximum Gasteiger partial charge on any atom is 0.266 e. The molecule has 6 nitrogen and oxygen atoms in total. The second-order valence-electron chi connectivity index (χ2n) is 10.7. The Morgan fingerprint density at radius 2 is 1.88 bits per heavy atom. The molecule has 3 aromatic rings. The molecule has 5 rings (SSSR count). The molecule has 1 aromatic heterocycles. The second kappa shape index (κ2) is 15.5. The van der Waals surface area contributed by atoms with E-state index in [-0.39, 0.29) is 11.8 Å². The predicted molar refractivity (Wildman–Crippen MR) is 182 cm³/mol. The summed E-state index contributed by atoms with van der Waals surface area (Å²) >= 11 is 20.6. The number of anilines is 1. The smallest absolute Gasteiger partial charge is 0.266 e. The number of ether oxygens (including phenoxy) is 1. The molecule has 0 spiro atoms. The van der Waals surface area contributed by atoms with E-state index in [2.05, 4.69) is 10.3 Å². The van der Waals surface area contributed by atoms with Gasteiger partial charge in [-0.15, -0.1) is 11.3 Å². The fourth-order valence-electron chi connectivity index (χ4n) is 5.09. The van der Waals surface area contributed by atoms with E-state index >= 15 is 0 Å². The molecule has 2 amide bonds. The van der Waals surface area contributed by atoms with Crippen LogP contribution >= 0.6 is 58.5 Å². The molecule has 226 valence electrons. The Labute approximate surface area is 276 Å². The van der Waals surface area contributed by atoms with Crippen LogP contribution in [0.2, 0.25) is 10.0 Å². The van der Waals surface area contributed by atoms with Crippen molar-refractivity contribution in [3.05, 3.63) is 79.6 Å². The molecular weight excluding hydrogens is 641 g/mol. The Morgan fingerprint density at radius 1 is 1.09 bits per heavy atom. The van der Waals surface area contributed by atoms with Gasteiger partial charge in [0.25, 0.3) is 5.91 Å². The number of unbranched alkanes of at least 4 members (excludes halogenated alkanes) is 2. The zero-order valence-electron chi connectivity index (χ0n) is 23.7. The molecule has 1 aliphatic heterocycles. The summed E-state index contributed by atoms with van der Waals surface area (Å²) in [4.78, 5) is 33.1. The number of carbonyl (C=O) groups excluding carboxylic acids is 2. The first-order valence-electron chi connectivity index (χ1n) is 14.5. The number of nitrogens with one attached hydrogen (secondary N) is 1. The van der Waals surface area contributed by atoms with Crippen LogP contribution in [0, 0.1) is 0 Å². The van der Waals surface area contributed by atoms with E-state index in [9.17, 15) is 9.59 Å². The van der Waals surface area contributed by atoms with E-state index < -0.39 is 0 Å². The van der Waals surface area contributed by atoms with Gasteiger partial charge in [0.15, 0.2) is 5.13 Å². The van der Waals surface area contributed by atoms with Gasteiger partial charge in [0.2, 0.25) is 5.91 Å². The minimum absolute atomic E-state index is 0.0612. The van der Waals surface area contributed by atoms with Crippen LogP contribution in [-0.2, 0) is 16.0 Å². The molecule has 0 bridgehead atoms. The maximum atomic E-state index is 13.0. The highest BCUT2D eigenvalue weighted by molar-refractivity contribution is 8.26. The van der Waals surface area contributed by atoms with Gasteiger partial charge >= 0.3 is 0 Å².